The first kappa shape index (κ1) is 11.4. The molecule has 3 rings (SSSR count). The molecular formula is C11H15N5O2. The van der Waals surface area contributed by atoms with E-state index in [1.807, 2.05) is 4.57 Å². The maximum absolute atomic E-state index is 9.38. The van der Waals surface area contributed by atoms with E-state index in [0.717, 1.165) is 6.42 Å². The lowest BCUT2D eigenvalue weighted by atomic mass is 9.70. The lowest BCUT2D eigenvalue weighted by Gasteiger charge is -2.43. The molecule has 1 aliphatic rings. The maximum Gasteiger partial charge on any atom is 0.165 e. The Bertz CT molecular complexity index is 570. The SMILES string of the molecule is Nc1ncnc2c1ncn2[C@@H]1CC(CO)[C@@H]1CO. The van der Waals surface area contributed by atoms with E-state index in [9.17, 15) is 10.2 Å². The van der Waals surface area contributed by atoms with Crippen molar-refractivity contribution in [2.24, 2.45) is 11.8 Å². The number of anilines is 1. The van der Waals surface area contributed by atoms with Gasteiger partial charge in [0.1, 0.15) is 11.8 Å². The van der Waals surface area contributed by atoms with E-state index >= 15 is 0 Å². The minimum atomic E-state index is 0.0450. The second kappa shape index (κ2) is 4.18. The minimum absolute atomic E-state index is 0.0450. The van der Waals surface area contributed by atoms with Crippen molar-refractivity contribution in [3.8, 4) is 0 Å². The van der Waals surface area contributed by atoms with Gasteiger partial charge < -0.3 is 20.5 Å². The molecule has 0 saturated heterocycles. The Morgan fingerprint density at radius 1 is 1.28 bits per heavy atom. The smallest absolute Gasteiger partial charge is 0.165 e. The van der Waals surface area contributed by atoms with Gasteiger partial charge in [-0.15, -0.1) is 0 Å². The first-order valence-electron chi connectivity index (χ1n) is 5.91. The Hall–Kier alpha value is -1.73. The zero-order chi connectivity index (χ0) is 12.7. The Kier molecular flexibility index (Phi) is 2.64. The maximum atomic E-state index is 9.38. The van der Waals surface area contributed by atoms with Gasteiger partial charge in [-0.25, -0.2) is 15.0 Å². The van der Waals surface area contributed by atoms with Crippen LogP contribution < -0.4 is 5.73 Å². The van der Waals surface area contributed by atoms with Crippen LogP contribution in [0.4, 0.5) is 5.82 Å². The zero-order valence-corrected chi connectivity index (χ0v) is 9.77. The quantitative estimate of drug-likeness (QED) is 0.681. The van der Waals surface area contributed by atoms with Crippen LogP contribution in [0.2, 0.25) is 0 Å². The van der Waals surface area contributed by atoms with Crippen molar-refractivity contribution in [1.29, 1.82) is 0 Å². The Morgan fingerprint density at radius 2 is 2.11 bits per heavy atom. The van der Waals surface area contributed by atoms with Gasteiger partial charge in [0.25, 0.3) is 0 Å². The second-order valence-corrected chi connectivity index (χ2v) is 4.68. The van der Waals surface area contributed by atoms with E-state index < -0.39 is 0 Å². The van der Waals surface area contributed by atoms with Crippen molar-refractivity contribution >= 4 is 17.0 Å². The van der Waals surface area contributed by atoms with E-state index in [-0.39, 0.29) is 31.1 Å². The number of imidazole rings is 1. The molecule has 2 aromatic heterocycles. The number of rotatable bonds is 3. The Balaban J connectivity index is 1.99. The molecule has 1 unspecified atom stereocenters. The molecule has 2 aromatic rings. The van der Waals surface area contributed by atoms with Crippen LogP contribution >= 0.6 is 0 Å². The normalized spacial score (nSPS) is 27.3. The molecule has 1 saturated carbocycles. The van der Waals surface area contributed by atoms with Crippen LogP contribution in [0.25, 0.3) is 11.2 Å². The first-order valence-corrected chi connectivity index (χ1v) is 5.91. The average Bonchev–Trinajstić information content (AvgIpc) is 2.75. The van der Waals surface area contributed by atoms with Gasteiger partial charge in [-0.05, 0) is 12.3 Å². The molecule has 0 amide bonds. The summed E-state index contributed by atoms with van der Waals surface area (Å²) < 4.78 is 1.92. The van der Waals surface area contributed by atoms with E-state index in [0.29, 0.717) is 17.0 Å². The fourth-order valence-electron chi connectivity index (χ4n) is 2.69. The number of nitrogen functional groups attached to an aromatic ring is 1. The Labute approximate surface area is 103 Å². The van der Waals surface area contributed by atoms with E-state index in [1.165, 1.54) is 6.33 Å². The lowest BCUT2D eigenvalue weighted by molar-refractivity contribution is -0.00529. The molecule has 0 aromatic carbocycles. The molecule has 0 aliphatic heterocycles. The van der Waals surface area contributed by atoms with E-state index in [4.69, 9.17) is 5.73 Å². The van der Waals surface area contributed by atoms with Gasteiger partial charge in [-0.3, -0.25) is 0 Å². The molecule has 18 heavy (non-hydrogen) atoms. The second-order valence-electron chi connectivity index (χ2n) is 4.68. The zero-order valence-electron chi connectivity index (χ0n) is 9.77. The lowest BCUT2D eigenvalue weighted by Crippen LogP contribution is -2.42. The standard InChI is InChI=1S/C11H15N5O2/c12-10-9-11(14-4-13-10)16(5-15-9)8-1-6(2-17)7(8)3-18/h4-8,17-18H,1-3H2,(H2,12,13,14)/t6?,7-,8+/m0/s1. The Morgan fingerprint density at radius 3 is 2.83 bits per heavy atom. The summed E-state index contributed by atoms with van der Waals surface area (Å²) in [5.41, 5.74) is 7.00. The van der Waals surface area contributed by atoms with Crippen molar-refractivity contribution in [3.63, 3.8) is 0 Å². The van der Waals surface area contributed by atoms with Crippen LogP contribution in [0.5, 0.6) is 0 Å². The van der Waals surface area contributed by atoms with Crippen molar-refractivity contribution in [2.45, 2.75) is 12.5 Å². The fraction of sp³-hybridized carbons (Fsp3) is 0.545. The van der Waals surface area contributed by atoms with Gasteiger partial charge in [0, 0.05) is 25.2 Å². The van der Waals surface area contributed by atoms with Crippen molar-refractivity contribution in [3.05, 3.63) is 12.7 Å². The van der Waals surface area contributed by atoms with E-state index in [1.54, 1.807) is 6.33 Å². The number of hydrogen-bond acceptors (Lipinski definition) is 6. The summed E-state index contributed by atoms with van der Waals surface area (Å²) in [6.07, 6.45) is 3.90. The topological polar surface area (TPSA) is 110 Å². The van der Waals surface area contributed by atoms with E-state index in [2.05, 4.69) is 15.0 Å². The third-order valence-electron chi connectivity index (χ3n) is 3.83. The number of aromatic nitrogens is 4. The number of aliphatic hydroxyl groups is 2. The summed E-state index contributed by atoms with van der Waals surface area (Å²) in [7, 11) is 0. The highest BCUT2D eigenvalue weighted by molar-refractivity contribution is 5.81. The summed E-state index contributed by atoms with van der Waals surface area (Å²) in [4.78, 5) is 12.3. The summed E-state index contributed by atoms with van der Waals surface area (Å²) in [6.45, 7) is 0.154. The highest BCUT2D eigenvalue weighted by atomic mass is 16.3. The van der Waals surface area contributed by atoms with Gasteiger partial charge in [-0.1, -0.05) is 0 Å². The van der Waals surface area contributed by atoms with Crippen LogP contribution in [0, 0.1) is 11.8 Å². The number of fused-ring (bicyclic) bond motifs is 1. The molecule has 7 heteroatoms. The molecule has 1 fully saturated rings. The van der Waals surface area contributed by atoms with Crippen LogP contribution in [-0.2, 0) is 0 Å². The molecular weight excluding hydrogens is 234 g/mol. The molecule has 4 N–H and O–H groups in total. The highest BCUT2D eigenvalue weighted by Crippen LogP contribution is 2.44. The monoisotopic (exact) mass is 249 g/mol. The summed E-state index contributed by atoms with van der Waals surface area (Å²) >= 11 is 0. The fourth-order valence-corrected chi connectivity index (χ4v) is 2.69. The van der Waals surface area contributed by atoms with Gasteiger partial charge in [0.2, 0.25) is 0 Å². The molecule has 7 nitrogen and oxygen atoms in total. The number of aliphatic hydroxyl groups excluding tert-OH is 2. The van der Waals surface area contributed by atoms with Crippen LogP contribution in [0.15, 0.2) is 12.7 Å². The number of nitrogens with zero attached hydrogens (tertiary/aromatic N) is 4. The van der Waals surface area contributed by atoms with Crippen LogP contribution in [0.3, 0.4) is 0 Å². The third-order valence-corrected chi connectivity index (χ3v) is 3.83. The summed E-state index contributed by atoms with van der Waals surface area (Å²) in [6, 6.07) is 0.117. The third kappa shape index (κ3) is 1.48. The van der Waals surface area contributed by atoms with Crippen molar-refractivity contribution < 1.29 is 10.2 Å². The predicted molar refractivity (Wildman–Crippen MR) is 64.5 cm³/mol. The van der Waals surface area contributed by atoms with Gasteiger partial charge in [-0.2, -0.15) is 0 Å². The van der Waals surface area contributed by atoms with Gasteiger partial charge >= 0.3 is 0 Å². The molecule has 2 heterocycles. The number of hydrogen-bond donors (Lipinski definition) is 3. The largest absolute Gasteiger partial charge is 0.396 e. The summed E-state index contributed by atoms with van der Waals surface area (Å²) in [5, 5.41) is 18.6. The predicted octanol–water partition coefficient (Wildman–Crippen LogP) is -0.430. The molecule has 0 bridgehead atoms. The first-order chi connectivity index (χ1) is 8.76. The number of nitrogens with two attached hydrogens (primary N) is 1. The summed E-state index contributed by atoms with van der Waals surface area (Å²) in [5.74, 6) is 0.553. The minimum Gasteiger partial charge on any atom is -0.396 e. The van der Waals surface area contributed by atoms with Crippen LogP contribution in [0.1, 0.15) is 12.5 Å². The highest BCUT2D eigenvalue weighted by Gasteiger charge is 2.41. The molecule has 96 valence electrons. The molecule has 0 spiro atoms. The van der Waals surface area contributed by atoms with Crippen LogP contribution in [-0.4, -0.2) is 42.9 Å². The average molecular weight is 249 g/mol. The van der Waals surface area contributed by atoms with Crippen molar-refractivity contribution in [2.75, 3.05) is 18.9 Å². The van der Waals surface area contributed by atoms with Gasteiger partial charge in [0.05, 0.1) is 6.33 Å². The van der Waals surface area contributed by atoms with Crippen molar-refractivity contribution in [1.82, 2.24) is 19.5 Å². The molecule has 1 aliphatic carbocycles. The molecule has 3 atom stereocenters. The molecule has 0 radical (unpaired) electrons. The van der Waals surface area contributed by atoms with Gasteiger partial charge in [0.15, 0.2) is 11.5 Å².